The maximum absolute atomic E-state index is 12.6. The Bertz CT molecular complexity index is 773. The number of sulfonamides is 1. The standard InChI is InChI=1S/C16H20ClNO4S2/c1-4-18(24(3,21)22)16-11(7-8-14(23-2)15(16)17)13(20)9-12(19)10-5-6-10/h7-8,10H,4-6,9H2,1-3H3. The molecule has 1 saturated carbocycles. The molecule has 0 amide bonds. The molecule has 1 aliphatic carbocycles. The van der Waals surface area contributed by atoms with Crippen LogP contribution in [0.25, 0.3) is 0 Å². The van der Waals surface area contributed by atoms with Gasteiger partial charge in [-0.15, -0.1) is 11.8 Å². The number of rotatable bonds is 8. The molecule has 0 aromatic heterocycles. The summed E-state index contributed by atoms with van der Waals surface area (Å²) in [7, 11) is -3.60. The monoisotopic (exact) mass is 389 g/mol. The highest BCUT2D eigenvalue weighted by Gasteiger charge is 2.32. The molecule has 132 valence electrons. The number of nitrogens with zero attached hydrogens (tertiary/aromatic N) is 1. The Morgan fingerprint density at radius 2 is 1.96 bits per heavy atom. The first-order chi connectivity index (χ1) is 11.2. The van der Waals surface area contributed by atoms with Crippen LogP contribution in [0.2, 0.25) is 5.02 Å². The zero-order valence-electron chi connectivity index (χ0n) is 13.8. The van der Waals surface area contributed by atoms with E-state index in [2.05, 4.69) is 0 Å². The van der Waals surface area contributed by atoms with Crippen molar-refractivity contribution in [2.75, 3.05) is 23.4 Å². The number of Topliss-reactive ketones (excluding diaryl/α,β-unsaturated/α-hetero) is 2. The topological polar surface area (TPSA) is 71.5 Å². The van der Waals surface area contributed by atoms with E-state index in [0.29, 0.717) is 4.90 Å². The summed E-state index contributed by atoms with van der Waals surface area (Å²) < 4.78 is 25.3. The van der Waals surface area contributed by atoms with Crippen LogP contribution >= 0.6 is 23.4 Å². The van der Waals surface area contributed by atoms with E-state index in [1.807, 2.05) is 6.26 Å². The summed E-state index contributed by atoms with van der Waals surface area (Å²) in [5.41, 5.74) is 0.348. The molecule has 1 aromatic carbocycles. The van der Waals surface area contributed by atoms with E-state index in [-0.39, 0.29) is 40.9 Å². The normalized spacial score (nSPS) is 14.5. The predicted molar refractivity (Wildman–Crippen MR) is 97.8 cm³/mol. The van der Waals surface area contributed by atoms with Crippen LogP contribution in [0.5, 0.6) is 0 Å². The lowest BCUT2D eigenvalue weighted by molar-refractivity contribution is -0.119. The van der Waals surface area contributed by atoms with Crippen LogP contribution in [0.4, 0.5) is 5.69 Å². The average Bonchev–Trinajstić information content (AvgIpc) is 3.32. The van der Waals surface area contributed by atoms with Crippen molar-refractivity contribution < 1.29 is 18.0 Å². The van der Waals surface area contributed by atoms with Crippen LogP contribution in [-0.2, 0) is 14.8 Å². The molecule has 2 rings (SSSR count). The number of hydrogen-bond acceptors (Lipinski definition) is 5. The zero-order valence-corrected chi connectivity index (χ0v) is 16.2. The van der Waals surface area contributed by atoms with Crippen molar-refractivity contribution >= 4 is 50.6 Å². The smallest absolute Gasteiger partial charge is 0.232 e. The third-order valence-electron chi connectivity index (χ3n) is 3.91. The lowest BCUT2D eigenvalue weighted by atomic mass is 10.0. The Hall–Kier alpha value is -1.05. The number of ketones is 2. The fraction of sp³-hybridized carbons (Fsp3) is 0.500. The Balaban J connectivity index is 2.52. The minimum absolute atomic E-state index is 0.0180. The minimum Gasteiger partial charge on any atom is -0.299 e. The number of thioether (sulfide) groups is 1. The van der Waals surface area contributed by atoms with E-state index < -0.39 is 15.8 Å². The number of benzene rings is 1. The van der Waals surface area contributed by atoms with Gasteiger partial charge in [0.2, 0.25) is 10.0 Å². The first-order valence-electron chi connectivity index (χ1n) is 7.60. The van der Waals surface area contributed by atoms with Gasteiger partial charge in [-0.2, -0.15) is 0 Å². The predicted octanol–water partition coefficient (Wildman–Crippen LogP) is 3.40. The van der Waals surface area contributed by atoms with Gasteiger partial charge in [0, 0.05) is 22.9 Å². The van der Waals surface area contributed by atoms with Crippen molar-refractivity contribution in [1.29, 1.82) is 0 Å². The Morgan fingerprint density at radius 3 is 2.42 bits per heavy atom. The van der Waals surface area contributed by atoms with Gasteiger partial charge in [-0.05, 0) is 38.2 Å². The molecular weight excluding hydrogens is 370 g/mol. The maximum atomic E-state index is 12.6. The van der Waals surface area contributed by atoms with Gasteiger partial charge in [0.05, 0.1) is 23.4 Å². The summed E-state index contributed by atoms with van der Waals surface area (Å²) in [4.78, 5) is 25.2. The fourth-order valence-corrected chi connectivity index (χ4v) is 4.55. The molecule has 8 heteroatoms. The van der Waals surface area contributed by atoms with Gasteiger partial charge < -0.3 is 0 Å². The minimum atomic E-state index is -3.60. The second-order valence-corrected chi connectivity index (χ2v) is 8.88. The number of carbonyl (C=O) groups is 2. The van der Waals surface area contributed by atoms with Crippen LogP contribution in [0.1, 0.15) is 36.5 Å². The third-order valence-corrected chi connectivity index (χ3v) is 6.42. The molecule has 0 atom stereocenters. The molecule has 5 nitrogen and oxygen atoms in total. The molecule has 0 spiro atoms. The van der Waals surface area contributed by atoms with Crippen LogP contribution < -0.4 is 4.31 Å². The summed E-state index contributed by atoms with van der Waals surface area (Å²) >= 11 is 7.75. The first kappa shape index (κ1) is 19.3. The molecule has 24 heavy (non-hydrogen) atoms. The van der Waals surface area contributed by atoms with Crippen molar-refractivity contribution in [3.8, 4) is 0 Å². The molecule has 0 radical (unpaired) electrons. The molecule has 0 heterocycles. The van der Waals surface area contributed by atoms with Crippen molar-refractivity contribution in [2.24, 2.45) is 5.92 Å². The molecule has 0 bridgehead atoms. The van der Waals surface area contributed by atoms with Gasteiger partial charge in [-0.3, -0.25) is 13.9 Å². The Kier molecular flexibility index (Phi) is 5.99. The zero-order chi connectivity index (χ0) is 18.1. The van der Waals surface area contributed by atoms with Crippen LogP contribution in [0, 0.1) is 5.92 Å². The number of anilines is 1. The van der Waals surface area contributed by atoms with Gasteiger partial charge in [0.1, 0.15) is 5.78 Å². The van der Waals surface area contributed by atoms with Gasteiger partial charge in [0.15, 0.2) is 5.78 Å². The van der Waals surface area contributed by atoms with Gasteiger partial charge >= 0.3 is 0 Å². The van der Waals surface area contributed by atoms with Crippen LogP contribution in [-0.4, -0.2) is 39.0 Å². The molecule has 0 N–H and O–H groups in total. The van der Waals surface area contributed by atoms with E-state index in [0.717, 1.165) is 23.4 Å². The molecule has 1 aliphatic rings. The number of carbonyl (C=O) groups excluding carboxylic acids is 2. The molecule has 1 aromatic rings. The highest BCUT2D eigenvalue weighted by molar-refractivity contribution is 7.98. The summed E-state index contributed by atoms with van der Waals surface area (Å²) in [6, 6.07) is 3.24. The second-order valence-electron chi connectivity index (χ2n) is 5.75. The van der Waals surface area contributed by atoms with E-state index in [1.54, 1.807) is 19.1 Å². The van der Waals surface area contributed by atoms with Gasteiger partial charge in [-0.1, -0.05) is 11.6 Å². The molecule has 0 saturated heterocycles. The highest BCUT2D eigenvalue weighted by Crippen LogP contribution is 2.39. The van der Waals surface area contributed by atoms with E-state index in [9.17, 15) is 18.0 Å². The Labute approximate surface area is 151 Å². The summed E-state index contributed by atoms with van der Waals surface area (Å²) in [5, 5.41) is 0.222. The van der Waals surface area contributed by atoms with Gasteiger partial charge in [-0.25, -0.2) is 8.42 Å². The summed E-state index contributed by atoms with van der Waals surface area (Å²) in [6.45, 7) is 1.82. The molecular formula is C16H20ClNO4S2. The molecule has 0 unspecified atom stereocenters. The molecule has 1 fully saturated rings. The van der Waals surface area contributed by atoms with E-state index >= 15 is 0 Å². The van der Waals surface area contributed by atoms with Crippen LogP contribution in [0.15, 0.2) is 17.0 Å². The van der Waals surface area contributed by atoms with Crippen LogP contribution in [0.3, 0.4) is 0 Å². The summed E-state index contributed by atoms with van der Waals surface area (Å²) in [5.74, 6) is -0.493. The quantitative estimate of drug-likeness (QED) is 0.387. The average molecular weight is 390 g/mol. The van der Waals surface area contributed by atoms with Crippen molar-refractivity contribution in [3.63, 3.8) is 0 Å². The summed E-state index contributed by atoms with van der Waals surface area (Å²) in [6.07, 6.45) is 4.33. The third kappa shape index (κ3) is 4.13. The fourth-order valence-electron chi connectivity index (χ4n) is 2.53. The molecule has 0 aliphatic heterocycles. The Morgan fingerprint density at radius 1 is 1.33 bits per heavy atom. The maximum Gasteiger partial charge on any atom is 0.232 e. The lowest BCUT2D eigenvalue weighted by Crippen LogP contribution is -2.31. The van der Waals surface area contributed by atoms with Crippen molar-refractivity contribution in [3.05, 3.63) is 22.7 Å². The lowest BCUT2D eigenvalue weighted by Gasteiger charge is -2.25. The van der Waals surface area contributed by atoms with Crippen molar-refractivity contribution in [1.82, 2.24) is 0 Å². The number of halogens is 1. The van der Waals surface area contributed by atoms with Crippen molar-refractivity contribution in [2.45, 2.75) is 31.1 Å². The first-order valence-corrected chi connectivity index (χ1v) is 11.1. The highest BCUT2D eigenvalue weighted by atomic mass is 35.5. The SMILES string of the molecule is CCN(c1c(C(=O)CC(=O)C2CC2)ccc(SC)c1Cl)S(C)(=O)=O. The second kappa shape index (κ2) is 7.45. The number of hydrogen-bond donors (Lipinski definition) is 0. The van der Waals surface area contributed by atoms with E-state index in [4.69, 9.17) is 11.6 Å². The van der Waals surface area contributed by atoms with Gasteiger partial charge in [0.25, 0.3) is 0 Å². The van der Waals surface area contributed by atoms with E-state index in [1.165, 1.54) is 11.8 Å². The largest absolute Gasteiger partial charge is 0.299 e.